The van der Waals surface area contributed by atoms with E-state index in [-0.39, 0.29) is 0 Å². The van der Waals surface area contributed by atoms with Gasteiger partial charge in [-0.2, -0.15) is 0 Å². The summed E-state index contributed by atoms with van der Waals surface area (Å²) in [5.74, 6) is 0. The number of aliphatic hydroxyl groups excluding tert-OH is 2. The second-order valence-electron chi connectivity index (χ2n) is 6.41. The van der Waals surface area contributed by atoms with Gasteiger partial charge in [-0.1, -0.05) is 90.4 Å². The number of hydrogen-bond donors (Lipinski definition) is 4. The SMILES string of the molecule is CCCCCCCCCCCCCCCCNC(O)C(O)O. The molecule has 0 rings (SSSR count). The number of rotatable bonds is 17. The minimum Gasteiger partial charge on any atom is -0.373 e. The minimum absolute atomic E-state index is 0.636. The van der Waals surface area contributed by atoms with Crippen LogP contribution in [-0.4, -0.2) is 34.4 Å². The summed E-state index contributed by atoms with van der Waals surface area (Å²) in [4.78, 5) is 0. The first-order valence-electron chi connectivity index (χ1n) is 9.46. The highest BCUT2D eigenvalue weighted by Gasteiger charge is 2.09. The maximum atomic E-state index is 9.12. The van der Waals surface area contributed by atoms with E-state index in [0.29, 0.717) is 6.54 Å². The number of hydrogen-bond acceptors (Lipinski definition) is 4. The molecule has 0 amide bonds. The normalized spacial score (nSPS) is 13.0. The molecule has 0 aromatic heterocycles. The second-order valence-corrected chi connectivity index (χ2v) is 6.41. The molecule has 0 saturated carbocycles. The highest BCUT2D eigenvalue weighted by atomic mass is 16.5. The van der Waals surface area contributed by atoms with E-state index in [4.69, 9.17) is 15.3 Å². The third-order valence-corrected chi connectivity index (χ3v) is 4.17. The monoisotopic (exact) mass is 317 g/mol. The Hall–Kier alpha value is -0.160. The van der Waals surface area contributed by atoms with E-state index in [9.17, 15) is 0 Å². The fraction of sp³-hybridized carbons (Fsp3) is 1.00. The third-order valence-electron chi connectivity index (χ3n) is 4.17. The molecular formula is C18H39NO3. The van der Waals surface area contributed by atoms with Crippen molar-refractivity contribution in [3.05, 3.63) is 0 Å². The summed E-state index contributed by atoms with van der Waals surface area (Å²) >= 11 is 0. The van der Waals surface area contributed by atoms with Crippen molar-refractivity contribution in [2.75, 3.05) is 6.54 Å². The molecule has 0 spiro atoms. The van der Waals surface area contributed by atoms with Crippen LogP contribution >= 0.6 is 0 Å². The zero-order chi connectivity index (χ0) is 16.5. The summed E-state index contributed by atoms with van der Waals surface area (Å²) in [5.41, 5.74) is 0. The summed E-state index contributed by atoms with van der Waals surface area (Å²) < 4.78 is 0. The Balaban J connectivity index is 3.03. The van der Waals surface area contributed by atoms with Gasteiger partial charge >= 0.3 is 0 Å². The molecule has 4 nitrogen and oxygen atoms in total. The van der Waals surface area contributed by atoms with Gasteiger partial charge in [-0.05, 0) is 13.0 Å². The fourth-order valence-corrected chi connectivity index (χ4v) is 2.67. The molecule has 0 radical (unpaired) electrons. The van der Waals surface area contributed by atoms with E-state index in [2.05, 4.69) is 12.2 Å². The molecule has 1 unspecified atom stereocenters. The lowest BCUT2D eigenvalue weighted by atomic mass is 10.0. The summed E-state index contributed by atoms with van der Waals surface area (Å²) in [5, 5.41) is 29.2. The number of nitrogens with one attached hydrogen (secondary N) is 1. The van der Waals surface area contributed by atoms with Gasteiger partial charge in [0.1, 0.15) is 0 Å². The first-order chi connectivity index (χ1) is 10.7. The van der Waals surface area contributed by atoms with Crippen molar-refractivity contribution in [3.63, 3.8) is 0 Å². The van der Waals surface area contributed by atoms with E-state index in [1.807, 2.05) is 0 Å². The molecule has 134 valence electrons. The minimum atomic E-state index is -1.69. The third kappa shape index (κ3) is 16.2. The van der Waals surface area contributed by atoms with Gasteiger partial charge in [0.25, 0.3) is 0 Å². The topological polar surface area (TPSA) is 72.7 Å². The fourth-order valence-electron chi connectivity index (χ4n) is 2.67. The van der Waals surface area contributed by atoms with Crippen LogP contribution < -0.4 is 5.32 Å². The number of aliphatic hydroxyl groups is 3. The largest absolute Gasteiger partial charge is 0.373 e. The van der Waals surface area contributed by atoms with Crippen LogP contribution in [0.15, 0.2) is 0 Å². The molecule has 0 heterocycles. The van der Waals surface area contributed by atoms with Crippen molar-refractivity contribution in [1.29, 1.82) is 0 Å². The van der Waals surface area contributed by atoms with Gasteiger partial charge in [-0.25, -0.2) is 0 Å². The van der Waals surface area contributed by atoms with Crippen molar-refractivity contribution < 1.29 is 15.3 Å². The molecule has 22 heavy (non-hydrogen) atoms. The van der Waals surface area contributed by atoms with E-state index in [0.717, 1.165) is 12.8 Å². The number of unbranched alkanes of at least 4 members (excludes halogenated alkanes) is 13. The van der Waals surface area contributed by atoms with Crippen LogP contribution in [0, 0.1) is 0 Å². The lowest BCUT2D eigenvalue weighted by molar-refractivity contribution is -0.132. The van der Waals surface area contributed by atoms with Gasteiger partial charge in [0, 0.05) is 0 Å². The molecule has 4 N–H and O–H groups in total. The predicted molar refractivity (Wildman–Crippen MR) is 92.5 cm³/mol. The Morgan fingerprint density at radius 1 is 0.591 bits per heavy atom. The predicted octanol–water partition coefficient (Wildman–Crippen LogP) is 3.69. The van der Waals surface area contributed by atoms with E-state index in [1.54, 1.807) is 0 Å². The van der Waals surface area contributed by atoms with Crippen LogP contribution in [0.2, 0.25) is 0 Å². The Bertz CT molecular complexity index is 213. The van der Waals surface area contributed by atoms with E-state index < -0.39 is 12.5 Å². The summed E-state index contributed by atoms with van der Waals surface area (Å²) in [6.07, 6.45) is 15.6. The van der Waals surface area contributed by atoms with Gasteiger partial charge in [0.05, 0.1) is 0 Å². The summed E-state index contributed by atoms with van der Waals surface area (Å²) in [7, 11) is 0. The van der Waals surface area contributed by atoms with Crippen LogP contribution in [0.4, 0.5) is 0 Å². The van der Waals surface area contributed by atoms with Crippen LogP contribution in [0.25, 0.3) is 0 Å². The van der Waals surface area contributed by atoms with Crippen molar-refractivity contribution in [3.8, 4) is 0 Å². The van der Waals surface area contributed by atoms with Crippen LogP contribution in [-0.2, 0) is 0 Å². The molecule has 0 fully saturated rings. The molecule has 1 atom stereocenters. The molecule has 0 aliphatic rings. The Labute approximate surface area is 137 Å². The van der Waals surface area contributed by atoms with Gasteiger partial charge < -0.3 is 15.3 Å². The average molecular weight is 318 g/mol. The maximum absolute atomic E-state index is 9.12. The Kier molecular flexibility index (Phi) is 17.1. The van der Waals surface area contributed by atoms with Gasteiger partial charge in [-0.3, -0.25) is 5.32 Å². The standard InChI is InChI=1S/C18H39NO3/c1-2-3-4-5-6-7-8-9-10-11-12-13-14-15-16-19-17(20)18(21)22/h17-22H,2-16H2,1H3. The zero-order valence-corrected chi connectivity index (χ0v) is 14.6. The second kappa shape index (κ2) is 17.2. The Morgan fingerprint density at radius 3 is 1.32 bits per heavy atom. The van der Waals surface area contributed by atoms with Crippen molar-refractivity contribution >= 4 is 0 Å². The molecule has 4 heteroatoms. The average Bonchev–Trinajstić information content (AvgIpc) is 2.50. The molecule has 0 saturated heterocycles. The lowest BCUT2D eigenvalue weighted by Gasteiger charge is -2.13. The van der Waals surface area contributed by atoms with Gasteiger partial charge in [0.2, 0.25) is 0 Å². The molecular weight excluding hydrogens is 278 g/mol. The summed E-state index contributed by atoms with van der Waals surface area (Å²) in [6, 6.07) is 0. The molecule has 0 aliphatic heterocycles. The van der Waals surface area contributed by atoms with Crippen molar-refractivity contribution in [2.45, 2.75) is 109 Å². The van der Waals surface area contributed by atoms with Crippen LogP contribution in [0.1, 0.15) is 96.8 Å². The summed E-state index contributed by atoms with van der Waals surface area (Å²) in [6.45, 7) is 2.90. The first kappa shape index (κ1) is 21.8. The Morgan fingerprint density at radius 2 is 0.955 bits per heavy atom. The lowest BCUT2D eigenvalue weighted by Crippen LogP contribution is -2.39. The quantitative estimate of drug-likeness (QED) is 0.244. The molecule has 0 aromatic carbocycles. The van der Waals surface area contributed by atoms with E-state index >= 15 is 0 Å². The van der Waals surface area contributed by atoms with E-state index in [1.165, 1.54) is 77.0 Å². The zero-order valence-electron chi connectivity index (χ0n) is 14.6. The van der Waals surface area contributed by atoms with Crippen molar-refractivity contribution in [2.24, 2.45) is 0 Å². The molecule has 0 bridgehead atoms. The van der Waals surface area contributed by atoms with Crippen LogP contribution in [0.3, 0.4) is 0 Å². The van der Waals surface area contributed by atoms with Gasteiger partial charge in [-0.15, -0.1) is 0 Å². The highest BCUT2D eigenvalue weighted by molar-refractivity contribution is 4.55. The maximum Gasteiger partial charge on any atom is 0.192 e. The van der Waals surface area contributed by atoms with Crippen molar-refractivity contribution in [1.82, 2.24) is 5.32 Å². The first-order valence-corrected chi connectivity index (χ1v) is 9.46. The van der Waals surface area contributed by atoms with Gasteiger partial charge in [0.15, 0.2) is 12.5 Å². The molecule has 0 aliphatic carbocycles. The van der Waals surface area contributed by atoms with Crippen LogP contribution in [0.5, 0.6) is 0 Å². The highest BCUT2D eigenvalue weighted by Crippen LogP contribution is 2.12. The smallest absolute Gasteiger partial charge is 0.192 e. The molecule has 0 aromatic rings.